The number of aliphatic hydroxyl groups is 1. The van der Waals surface area contributed by atoms with Gasteiger partial charge in [0, 0.05) is 11.1 Å². The molecule has 0 spiro atoms. The highest BCUT2D eigenvalue weighted by molar-refractivity contribution is 4.96. The summed E-state index contributed by atoms with van der Waals surface area (Å²) in [6.45, 7) is 13.1. The Labute approximate surface area is 125 Å². The SMILES string of the molecule is CCCCCC(CC)ON1C(C)(C)CC(O)CC1(C)C. The molecule has 1 aliphatic rings. The van der Waals surface area contributed by atoms with E-state index >= 15 is 0 Å². The van der Waals surface area contributed by atoms with Crippen LogP contribution in [0.25, 0.3) is 0 Å². The maximum Gasteiger partial charge on any atom is 0.0791 e. The van der Waals surface area contributed by atoms with Crippen molar-refractivity contribution in [3.8, 4) is 0 Å². The molecule has 0 aromatic rings. The van der Waals surface area contributed by atoms with E-state index in [0.29, 0.717) is 6.10 Å². The number of piperidine rings is 1. The van der Waals surface area contributed by atoms with Gasteiger partial charge < -0.3 is 5.11 Å². The first-order chi connectivity index (χ1) is 9.23. The molecule has 20 heavy (non-hydrogen) atoms. The largest absolute Gasteiger partial charge is 0.393 e. The van der Waals surface area contributed by atoms with Crippen LogP contribution in [0.3, 0.4) is 0 Å². The summed E-state index contributed by atoms with van der Waals surface area (Å²) in [5.41, 5.74) is -0.224. The fourth-order valence-electron chi connectivity index (χ4n) is 3.60. The third kappa shape index (κ3) is 4.71. The number of unbranched alkanes of at least 4 members (excludes halogenated alkanes) is 2. The zero-order valence-electron chi connectivity index (χ0n) is 14.4. The zero-order valence-corrected chi connectivity index (χ0v) is 14.4. The third-order valence-corrected chi connectivity index (χ3v) is 4.41. The molecule has 1 saturated heterocycles. The van der Waals surface area contributed by atoms with E-state index in [9.17, 15) is 5.11 Å². The molecule has 3 heteroatoms. The molecule has 0 aromatic heterocycles. The van der Waals surface area contributed by atoms with Crippen molar-refractivity contribution >= 4 is 0 Å². The Morgan fingerprint density at radius 2 is 1.65 bits per heavy atom. The monoisotopic (exact) mass is 285 g/mol. The van der Waals surface area contributed by atoms with Gasteiger partial charge in [0.25, 0.3) is 0 Å². The zero-order chi connectivity index (χ0) is 15.4. The van der Waals surface area contributed by atoms with Gasteiger partial charge >= 0.3 is 0 Å². The number of nitrogens with zero attached hydrogens (tertiary/aromatic N) is 1. The molecule has 1 unspecified atom stereocenters. The van der Waals surface area contributed by atoms with E-state index in [2.05, 4.69) is 46.6 Å². The summed E-state index contributed by atoms with van der Waals surface area (Å²) in [6.07, 6.45) is 7.60. The fourth-order valence-corrected chi connectivity index (χ4v) is 3.60. The van der Waals surface area contributed by atoms with E-state index in [4.69, 9.17) is 4.84 Å². The van der Waals surface area contributed by atoms with E-state index in [1.165, 1.54) is 19.3 Å². The summed E-state index contributed by atoms with van der Waals surface area (Å²) in [4.78, 5) is 6.39. The van der Waals surface area contributed by atoms with Crippen LogP contribution in [0, 0.1) is 0 Å². The van der Waals surface area contributed by atoms with Gasteiger partial charge in [-0.1, -0.05) is 33.1 Å². The number of hydrogen-bond acceptors (Lipinski definition) is 3. The Morgan fingerprint density at radius 1 is 1.10 bits per heavy atom. The lowest BCUT2D eigenvalue weighted by atomic mass is 9.80. The molecule has 1 heterocycles. The second-order valence-corrected chi connectivity index (χ2v) is 7.61. The summed E-state index contributed by atoms with van der Waals surface area (Å²) in [5, 5.41) is 12.3. The molecule has 1 N–H and O–H groups in total. The van der Waals surface area contributed by atoms with Gasteiger partial charge in [0.2, 0.25) is 0 Å². The summed E-state index contributed by atoms with van der Waals surface area (Å²) in [6, 6.07) is 0. The van der Waals surface area contributed by atoms with Crippen molar-refractivity contribution in [1.82, 2.24) is 5.06 Å². The molecular formula is C17H35NO2. The third-order valence-electron chi connectivity index (χ3n) is 4.41. The summed E-state index contributed by atoms with van der Waals surface area (Å²) >= 11 is 0. The van der Waals surface area contributed by atoms with Gasteiger partial charge in [-0.2, -0.15) is 5.06 Å². The Morgan fingerprint density at radius 3 is 2.10 bits per heavy atom. The maximum absolute atomic E-state index is 10.1. The molecule has 0 saturated carbocycles. The van der Waals surface area contributed by atoms with E-state index in [1.54, 1.807) is 0 Å². The lowest BCUT2D eigenvalue weighted by Gasteiger charge is -2.53. The van der Waals surface area contributed by atoms with Crippen molar-refractivity contribution in [1.29, 1.82) is 0 Å². The Balaban J connectivity index is 2.70. The lowest BCUT2D eigenvalue weighted by molar-refractivity contribution is -0.315. The highest BCUT2D eigenvalue weighted by atomic mass is 16.7. The highest BCUT2D eigenvalue weighted by Gasteiger charge is 2.46. The van der Waals surface area contributed by atoms with Crippen molar-refractivity contribution in [2.75, 3.05) is 0 Å². The van der Waals surface area contributed by atoms with Crippen molar-refractivity contribution in [2.45, 2.75) is 110 Å². The number of hydroxylamine groups is 2. The minimum atomic E-state index is -0.222. The van der Waals surface area contributed by atoms with E-state index in [-0.39, 0.29) is 17.2 Å². The minimum absolute atomic E-state index is 0.112. The van der Waals surface area contributed by atoms with Crippen molar-refractivity contribution in [3.63, 3.8) is 0 Å². The quantitative estimate of drug-likeness (QED) is 0.708. The fraction of sp³-hybridized carbons (Fsp3) is 1.00. The molecular weight excluding hydrogens is 250 g/mol. The van der Waals surface area contributed by atoms with Crippen LogP contribution in [0.5, 0.6) is 0 Å². The number of rotatable bonds is 7. The lowest BCUT2D eigenvalue weighted by Crippen LogP contribution is -2.62. The van der Waals surface area contributed by atoms with Crippen LogP contribution in [-0.4, -0.2) is 33.5 Å². The van der Waals surface area contributed by atoms with Crippen LogP contribution >= 0.6 is 0 Å². The minimum Gasteiger partial charge on any atom is -0.393 e. The van der Waals surface area contributed by atoms with Crippen molar-refractivity contribution in [3.05, 3.63) is 0 Å². The molecule has 120 valence electrons. The molecule has 0 radical (unpaired) electrons. The molecule has 0 aromatic carbocycles. The van der Waals surface area contributed by atoms with Gasteiger partial charge in [0.1, 0.15) is 0 Å². The van der Waals surface area contributed by atoms with Gasteiger partial charge in [-0.15, -0.1) is 0 Å². The smallest absolute Gasteiger partial charge is 0.0791 e. The van der Waals surface area contributed by atoms with Crippen LogP contribution < -0.4 is 0 Å². The molecule has 0 amide bonds. The van der Waals surface area contributed by atoms with E-state index < -0.39 is 0 Å². The first-order valence-electron chi connectivity index (χ1n) is 8.38. The van der Waals surface area contributed by atoms with Crippen molar-refractivity contribution < 1.29 is 9.94 Å². The summed E-state index contributed by atoms with van der Waals surface area (Å²) in [7, 11) is 0. The van der Waals surface area contributed by atoms with Gasteiger partial charge in [-0.3, -0.25) is 4.84 Å². The first kappa shape index (κ1) is 17.9. The average Bonchev–Trinajstić information content (AvgIpc) is 2.29. The normalized spacial score (nSPS) is 24.8. The Kier molecular flexibility index (Phi) is 6.49. The molecule has 0 aliphatic carbocycles. The molecule has 1 fully saturated rings. The maximum atomic E-state index is 10.1. The van der Waals surface area contributed by atoms with Crippen LogP contribution in [0.4, 0.5) is 0 Å². The van der Waals surface area contributed by atoms with Crippen LogP contribution in [0.1, 0.15) is 86.5 Å². The second kappa shape index (κ2) is 7.24. The van der Waals surface area contributed by atoms with E-state index in [1.807, 2.05) is 0 Å². The van der Waals surface area contributed by atoms with Crippen LogP contribution in [-0.2, 0) is 4.84 Å². The van der Waals surface area contributed by atoms with E-state index in [0.717, 1.165) is 25.7 Å². The van der Waals surface area contributed by atoms with Crippen molar-refractivity contribution in [2.24, 2.45) is 0 Å². The predicted octanol–water partition coefficient (Wildman–Crippen LogP) is 4.29. The Bertz CT molecular complexity index is 271. The molecule has 3 nitrogen and oxygen atoms in total. The Hall–Kier alpha value is -0.120. The molecule has 1 aliphatic heterocycles. The first-order valence-corrected chi connectivity index (χ1v) is 8.38. The summed E-state index contributed by atoms with van der Waals surface area (Å²) in [5.74, 6) is 0. The van der Waals surface area contributed by atoms with Crippen LogP contribution in [0.2, 0.25) is 0 Å². The number of hydrogen-bond donors (Lipinski definition) is 1. The molecule has 1 atom stereocenters. The topological polar surface area (TPSA) is 32.7 Å². The second-order valence-electron chi connectivity index (χ2n) is 7.61. The average molecular weight is 285 g/mol. The highest BCUT2D eigenvalue weighted by Crippen LogP contribution is 2.39. The molecule has 0 bridgehead atoms. The predicted molar refractivity (Wildman–Crippen MR) is 84.5 cm³/mol. The van der Waals surface area contributed by atoms with Gasteiger partial charge in [0.15, 0.2) is 0 Å². The van der Waals surface area contributed by atoms with Gasteiger partial charge in [0.05, 0.1) is 12.2 Å². The molecule has 1 rings (SSSR count). The van der Waals surface area contributed by atoms with Gasteiger partial charge in [-0.25, -0.2) is 0 Å². The standard InChI is InChI=1S/C17H35NO2/c1-7-9-10-11-15(8-2)20-18-16(3,4)12-14(19)13-17(18,5)6/h14-15,19H,7-13H2,1-6H3. The summed E-state index contributed by atoms with van der Waals surface area (Å²) < 4.78 is 0. The van der Waals surface area contributed by atoms with Gasteiger partial charge in [-0.05, 0) is 53.4 Å². The van der Waals surface area contributed by atoms with Crippen LogP contribution in [0.15, 0.2) is 0 Å². The number of aliphatic hydroxyl groups excluding tert-OH is 1.